The quantitative estimate of drug-likeness (QED) is 0.701. The second-order valence-corrected chi connectivity index (χ2v) is 8.15. The number of nitrogens with zero attached hydrogens (tertiary/aromatic N) is 1. The van der Waals surface area contributed by atoms with Crippen LogP contribution >= 0.6 is 0 Å². The van der Waals surface area contributed by atoms with Gasteiger partial charge in [-0.05, 0) is 57.7 Å². The SMILES string of the molecule is Cc1ccc(CC2(NC(=O)NCC(O)CN3CCCCCC3)CC2)cc1. The highest BCUT2D eigenvalue weighted by Gasteiger charge is 2.43. The van der Waals surface area contributed by atoms with Gasteiger partial charge in [-0.3, -0.25) is 0 Å². The maximum Gasteiger partial charge on any atom is 0.315 e. The van der Waals surface area contributed by atoms with Gasteiger partial charge in [0.2, 0.25) is 0 Å². The summed E-state index contributed by atoms with van der Waals surface area (Å²) in [6, 6.07) is 8.35. The van der Waals surface area contributed by atoms with E-state index in [0.717, 1.165) is 32.4 Å². The van der Waals surface area contributed by atoms with Gasteiger partial charge in [0, 0.05) is 18.6 Å². The molecule has 1 aliphatic carbocycles. The van der Waals surface area contributed by atoms with Crippen LogP contribution in [0.1, 0.15) is 49.7 Å². The third-order valence-electron chi connectivity index (χ3n) is 5.56. The lowest BCUT2D eigenvalue weighted by molar-refractivity contribution is 0.114. The molecule has 5 heteroatoms. The van der Waals surface area contributed by atoms with Crippen molar-refractivity contribution in [2.24, 2.45) is 0 Å². The Bertz CT molecular complexity index is 575. The molecule has 2 aliphatic rings. The standard InChI is InChI=1S/C21H33N3O2/c1-17-6-8-18(9-7-17)14-21(10-11-21)23-20(26)22-15-19(25)16-24-12-4-2-3-5-13-24/h6-9,19,25H,2-5,10-16H2,1H3,(H2,22,23,26). The second kappa shape index (κ2) is 8.87. The largest absolute Gasteiger partial charge is 0.390 e. The fourth-order valence-electron chi connectivity index (χ4n) is 3.77. The molecule has 1 aliphatic heterocycles. The molecule has 0 aromatic heterocycles. The number of carbonyl (C=O) groups is 1. The molecule has 1 aromatic carbocycles. The fourth-order valence-corrected chi connectivity index (χ4v) is 3.77. The molecule has 0 bridgehead atoms. The molecule has 2 amide bonds. The second-order valence-electron chi connectivity index (χ2n) is 8.15. The van der Waals surface area contributed by atoms with E-state index in [-0.39, 0.29) is 11.6 Å². The Kier molecular flexibility index (Phi) is 6.54. The van der Waals surface area contributed by atoms with Crippen LogP contribution in [-0.2, 0) is 6.42 Å². The van der Waals surface area contributed by atoms with Crippen molar-refractivity contribution in [1.82, 2.24) is 15.5 Å². The topological polar surface area (TPSA) is 64.6 Å². The average molecular weight is 360 g/mol. The average Bonchev–Trinajstić information content (AvgIpc) is 3.40. The lowest BCUT2D eigenvalue weighted by Crippen LogP contribution is -2.48. The smallest absolute Gasteiger partial charge is 0.315 e. The zero-order valence-corrected chi connectivity index (χ0v) is 16.0. The van der Waals surface area contributed by atoms with Crippen molar-refractivity contribution in [1.29, 1.82) is 0 Å². The summed E-state index contributed by atoms with van der Waals surface area (Å²) in [6.07, 6.45) is 7.40. The summed E-state index contributed by atoms with van der Waals surface area (Å²) in [5, 5.41) is 16.2. The highest BCUT2D eigenvalue weighted by atomic mass is 16.3. The third-order valence-corrected chi connectivity index (χ3v) is 5.56. The number of carbonyl (C=O) groups excluding carboxylic acids is 1. The molecule has 3 rings (SSSR count). The first-order chi connectivity index (χ1) is 12.5. The van der Waals surface area contributed by atoms with E-state index in [9.17, 15) is 9.90 Å². The maximum atomic E-state index is 12.2. The number of β-amino-alcohol motifs (C(OH)–C–C–N with tert-alkyl or cyclic N) is 1. The van der Waals surface area contributed by atoms with Crippen LogP contribution in [0.3, 0.4) is 0 Å². The van der Waals surface area contributed by atoms with E-state index in [0.29, 0.717) is 13.1 Å². The molecule has 3 N–H and O–H groups in total. The molecule has 1 aromatic rings. The summed E-state index contributed by atoms with van der Waals surface area (Å²) in [4.78, 5) is 14.6. The van der Waals surface area contributed by atoms with Gasteiger partial charge in [0.1, 0.15) is 0 Å². The summed E-state index contributed by atoms with van der Waals surface area (Å²) in [6.45, 7) is 5.16. The van der Waals surface area contributed by atoms with Gasteiger partial charge in [0.25, 0.3) is 0 Å². The highest BCUT2D eigenvalue weighted by Crippen LogP contribution is 2.38. The summed E-state index contributed by atoms with van der Waals surface area (Å²) in [5.74, 6) is 0. The van der Waals surface area contributed by atoms with Crippen LogP contribution in [0.5, 0.6) is 0 Å². The zero-order valence-electron chi connectivity index (χ0n) is 16.0. The highest BCUT2D eigenvalue weighted by molar-refractivity contribution is 5.75. The number of amides is 2. The van der Waals surface area contributed by atoms with Gasteiger partial charge >= 0.3 is 6.03 Å². The summed E-state index contributed by atoms with van der Waals surface area (Å²) in [7, 11) is 0. The van der Waals surface area contributed by atoms with E-state index in [1.54, 1.807) is 0 Å². The van der Waals surface area contributed by atoms with E-state index in [1.165, 1.54) is 36.8 Å². The molecule has 1 saturated carbocycles. The predicted octanol–water partition coefficient (Wildman–Crippen LogP) is 2.61. The number of hydrogen-bond donors (Lipinski definition) is 3. The molecule has 0 radical (unpaired) electrons. The molecule has 1 saturated heterocycles. The number of aryl methyl sites for hydroxylation is 1. The van der Waals surface area contributed by atoms with Gasteiger partial charge in [-0.15, -0.1) is 0 Å². The fraction of sp³-hybridized carbons (Fsp3) is 0.667. The molecule has 144 valence electrons. The summed E-state index contributed by atoms with van der Waals surface area (Å²) < 4.78 is 0. The van der Waals surface area contributed by atoms with Gasteiger partial charge in [-0.1, -0.05) is 42.7 Å². The minimum atomic E-state index is -0.508. The third kappa shape index (κ3) is 5.99. The Balaban J connectivity index is 1.38. The van der Waals surface area contributed by atoms with Gasteiger partial charge < -0.3 is 20.6 Å². The first-order valence-electron chi connectivity index (χ1n) is 10.1. The number of nitrogens with one attached hydrogen (secondary N) is 2. The van der Waals surface area contributed by atoms with Crippen molar-refractivity contribution in [3.8, 4) is 0 Å². The molecule has 0 spiro atoms. The molecule has 26 heavy (non-hydrogen) atoms. The van der Waals surface area contributed by atoms with Crippen LogP contribution in [0, 0.1) is 6.92 Å². The number of aliphatic hydroxyl groups excluding tert-OH is 1. The van der Waals surface area contributed by atoms with Crippen LogP contribution in [0.4, 0.5) is 4.79 Å². The van der Waals surface area contributed by atoms with Gasteiger partial charge in [-0.25, -0.2) is 4.79 Å². The molecule has 1 heterocycles. The first kappa shape index (κ1) is 19.2. The Morgan fingerprint density at radius 1 is 1.15 bits per heavy atom. The number of rotatable bonds is 7. The minimum absolute atomic E-state index is 0.102. The predicted molar refractivity (Wildman–Crippen MR) is 104 cm³/mol. The van der Waals surface area contributed by atoms with Crippen molar-refractivity contribution in [3.05, 3.63) is 35.4 Å². The number of benzene rings is 1. The molecule has 1 unspecified atom stereocenters. The van der Waals surface area contributed by atoms with Crippen molar-refractivity contribution in [3.63, 3.8) is 0 Å². The van der Waals surface area contributed by atoms with Crippen molar-refractivity contribution in [2.45, 2.75) is 63.5 Å². The lowest BCUT2D eigenvalue weighted by atomic mass is 10.0. The number of hydrogen-bond acceptors (Lipinski definition) is 3. The normalized spacial score (nSPS) is 20.8. The Labute approximate surface area is 157 Å². The lowest BCUT2D eigenvalue weighted by Gasteiger charge is -2.24. The molecular weight excluding hydrogens is 326 g/mol. The number of likely N-dealkylation sites (tertiary alicyclic amines) is 1. The van der Waals surface area contributed by atoms with Gasteiger partial charge in [0.15, 0.2) is 0 Å². The van der Waals surface area contributed by atoms with Crippen LogP contribution in [-0.4, -0.2) is 53.9 Å². The van der Waals surface area contributed by atoms with Gasteiger partial charge in [0.05, 0.1) is 6.10 Å². The number of aliphatic hydroxyl groups is 1. The monoisotopic (exact) mass is 359 g/mol. The first-order valence-corrected chi connectivity index (χ1v) is 10.1. The van der Waals surface area contributed by atoms with Crippen molar-refractivity contribution >= 4 is 6.03 Å². The molecule has 5 nitrogen and oxygen atoms in total. The number of urea groups is 1. The summed E-state index contributed by atoms with van der Waals surface area (Å²) >= 11 is 0. The summed E-state index contributed by atoms with van der Waals surface area (Å²) in [5.41, 5.74) is 2.41. The Morgan fingerprint density at radius 2 is 1.81 bits per heavy atom. The van der Waals surface area contributed by atoms with Gasteiger partial charge in [-0.2, -0.15) is 0 Å². The van der Waals surface area contributed by atoms with E-state index in [4.69, 9.17) is 0 Å². The van der Waals surface area contributed by atoms with Crippen LogP contribution < -0.4 is 10.6 Å². The Morgan fingerprint density at radius 3 is 2.42 bits per heavy atom. The van der Waals surface area contributed by atoms with E-state index in [2.05, 4.69) is 46.7 Å². The molecule has 1 atom stereocenters. The molecule has 2 fully saturated rings. The van der Waals surface area contributed by atoms with E-state index < -0.39 is 6.10 Å². The van der Waals surface area contributed by atoms with E-state index in [1.807, 2.05) is 0 Å². The van der Waals surface area contributed by atoms with Crippen molar-refractivity contribution < 1.29 is 9.90 Å². The Hall–Kier alpha value is -1.59. The zero-order chi connectivity index (χ0) is 18.4. The molecular formula is C21H33N3O2. The minimum Gasteiger partial charge on any atom is -0.390 e. The van der Waals surface area contributed by atoms with Crippen LogP contribution in [0.15, 0.2) is 24.3 Å². The van der Waals surface area contributed by atoms with Crippen LogP contribution in [0.25, 0.3) is 0 Å². The maximum absolute atomic E-state index is 12.2. The van der Waals surface area contributed by atoms with E-state index >= 15 is 0 Å². The van der Waals surface area contributed by atoms with Crippen LogP contribution in [0.2, 0.25) is 0 Å². The van der Waals surface area contributed by atoms with Crippen molar-refractivity contribution in [2.75, 3.05) is 26.2 Å².